The van der Waals surface area contributed by atoms with Crippen molar-refractivity contribution in [2.45, 2.75) is 6.42 Å². The van der Waals surface area contributed by atoms with Gasteiger partial charge in [0.1, 0.15) is 11.5 Å². The summed E-state index contributed by atoms with van der Waals surface area (Å²) < 4.78 is 10.7. The van der Waals surface area contributed by atoms with E-state index in [9.17, 15) is 9.59 Å². The fourth-order valence-electron chi connectivity index (χ4n) is 3.20. The summed E-state index contributed by atoms with van der Waals surface area (Å²) in [5.74, 6) is 0.753. The quantitative estimate of drug-likeness (QED) is 0.516. The summed E-state index contributed by atoms with van der Waals surface area (Å²) in [4.78, 5) is 24.4. The lowest BCUT2D eigenvalue weighted by Gasteiger charge is -2.04. The van der Waals surface area contributed by atoms with Crippen LogP contribution in [0.1, 0.15) is 32.0 Å². The molecule has 0 saturated carbocycles. The maximum Gasteiger partial charge on any atom is 0.338 e. The summed E-state index contributed by atoms with van der Waals surface area (Å²) in [5, 5.41) is 0. The van der Waals surface area contributed by atoms with Gasteiger partial charge in [0.25, 0.3) is 0 Å². The minimum Gasteiger partial charge on any atom is -0.465 e. The number of furan rings is 1. The molecule has 0 N–H and O–H groups in total. The molecule has 26 heavy (non-hydrogen) atoms. The Balaban J connectivity index is 1.67. The van der Waals surface area contributed by atoms with Gasteiger partial charge in [-0.15, -0.1) is 0 Å². The fourth-order valence-corrected chi connectivity index (χ4v) is 3.20. The van der Waals surface area contributed by atoms with Crippen LogP contribution in [0, 0.1) is 0 Å². The number of Topliss-reactive ketones (excluding diaryl/α,β-unsaturated/α-hetero) is 1. The van der Waals surface area contributed by atoms with E-state index in [4.69, 9.17) is 9.15 Å². The van der Waals surface area contributed by atoms with E-state index in [0.717, 1.165) is 11.1 Å². The van der Waals surface area contributed by atoms with Crippen molar-refractivity contribution in [3.63, 3.8) is 0 Å². The van der Waals surface area contributed by atoms with Gasteiger partial charge in [-0.2, -0.15) is 0 Å². The van der Waals surface area contributed by atoms with E-state index < -0.39 is 5.97 Å². The number of carbonyl (C=O) groups is 2. The molecule has 0 bridgehead atoms. The zero-order valence-corrected chi connectivity index (χ0v) is 14.2. The van der Waals surface area contributed by atoms with Crippen LogP contribution in [0.3, 0.4) is 0 Å². The number of benzene rings is 2. The molecule has 1 aromatic heterocycles. The summed E-state index contributed by atoms with van der Waals surface area (Å²) in [6.07, 6.45) is 2.37. The van der Waals surface area contributed by atoms with E-state index in [2.05, 4.69) is 0 Å². The van der Waals surface area contributed by atoms with Crippen LogP contribution >= 0.6 is 0 Å². The molecule has 0 radical (unpaired) electrons. The number of hydrogen-bond donors (Lipinski definition) is 0. The molecular formula is C22H16O4. The van der Waals surface area contributed by atoms with Gasteiger partial charge >= 0.3 is 5.97 Å². The van der Waals surface area contributed by atoms with Crippen molar-refractivity contribution >= 4 is 17.8 Å². The Morgan fingerprint density at radius 1 is 1.00 bits per heavy atom. The van der Waals surface area contributed by atoms with Gasteiger partial charge in [-0.3, -0.25) is 4.79 Å². The number of fused-ring (bicyclic) bond motifs is 1. The lowest BCUT2D eigenvalue weighted by Crippen LogP contribution is -2.02. The van der Waals surface area contributed by atoms with Gasteiger partial charge in [-0.25, -0.2) is 4.79 Å². The summed E-state index contributed by atoms with van der Waals surface area (Å²) in [7, 11) is 1.35. The molecule has 3 aromatic rings. The van der Waals surface area contributed by atoms with Crippen LogP contribution in [-0.4, -0.2) is 18.9 Å². The highest BCUT2D eigenvalue weighted by molar-refractivity contribution is 6.15. The van der Waals surface area contributed by atoms with Crippen molar-refractivity contribution in [1.82, 2.24) is 0 Å². The Labute approximate surface area is 150 Å². The predicted molar refractivity (Wildman–Crippen MR) is 97.9 cm³/mol. The van der Waals surface area contributed by atoms with Crippen molar-refractivity contribution in [3.8, 4) is 11.3 Å². The average Bonchev–Trinajstić information content (AvgIpc) is 3.27. The van der Waals surface area contributed by atoms with Crippen LogP contribution in [0.25, 0.3) is 17.4 Å². The van der Waals surface area contributed by atoms with Gasteiger partial charge in [0.2, 0.25) is 0 Å². The van der Waals surface area contributed by atoms with Crippen LogP contribution in [0.2, 0.25) is 0 Å². The van der Waals surface area contributed by atoms with Gasteiger partial charge in [-0.05, 0) is 29.8 Å². The Morgan fingerprint density at radius 2 is 1.73 bits per heavy atom. The number of ether oxygens (including phenoxy) is 1. The van der Waals surface area contributed by atoms with E-state index in [1.54, 1.807) is 36.4 Å². The van der Waals surface area contributed by atoms with Crippen molar-refractivity contribution in [1.29, 1.82) is 0 Å². The van der Waals surface area contributed by atoms with E-state index in [1.807, 2.05) is 30.3 Å². The third kappa shape index (κ3) is 2.75. The van der Waals surface area contributed by atoms with Crippen LogP contribution in [0.5, 0.6) is 0 Å². The van der Waals surface area contributed by atoms with Gasteiger partial charge in [0.05, 0.1) is 12.7 Å². The third-order valence-corrected chi connectivity index (χ3v) is 4.48. The van der Waals surface area contributed by atoms with Gasteiger partial charge in [0.15, 0.2) is 5.78 Å². The number of methoxy groups -OCH3 is 1. The summed E-state index contributed by atoms with van der Waals surface area (Å²) in [6, 6.07) is 18.3. The van der Waals surface area contributed by atoms with E-state index >= 15 is 0 Å². The monoisotopic (exact) mass is 344 g/mol. The molecule has 4 nitrogen and oxygen atoms in total. The second kappa shape index (κ2) is 6.48. The largest absolute Gasteiger partial charge is 0.465 e. The highest BCUT2D eigenvalue weighted by Gasteiger charge is 2.24. The normalized spacial score (nSPS) is 14.5. The number of allylic oxidation sites excluding steroid dienone is 1. The zero-order valence-electron chi connectivity index (χ0n) is 14.2. The molecule has 0 aliphatic heterocycles. The second-order valence-electron chi connectivity index (χ2n) is 6.07. The zero-order chi connectivity index (χ0) is 18.1. The third-order valence-electron chi connectivity index (χ3n) is 4.48. The van der Waals surface area contributed by atoms with Crippen LogP contribution in [0.4, 0.5) is 0 Å². The summed E-state index contributed by atoms with van der Waals surface area (Å²) >= 11 is 0. The first-order valence-electron chi connectivity index (χ1n) is 8.28. The van der Waals surface area contributed by atoms with Crippen LogP contribution in [-0.2, 0) is 11.2 Å². The fraction of sp³-hybridized carbons (Fsp3) is 0.0909. The van der Waals surface area contributed by atoms with Gasteiger partial charge in [-0.1, -0.05) is 42.5 Å². The lowest BCUT2D eigenvalue weighted by atomic mass is 10.1. The van der Waals surface area contributed by atoms with Crippen molar-refractivity contribution in [2.75, 3.05) is 7.11 Å². The van der Waals surface area contributed by atoms with Crippen molar-refractivity contribution in [3.05, 3.63) is 88.7 Å². The Hall–Kier alpha value is -3.40. The highest BCUT2D eigenvalue weighted by atomic mass is 16.5. The smallest absolute Gasteiger partial charge is 0.338 e. The van der Waals surface area contributed by atoms with Crippen molar-refractivity contribution < 1.29 is 18.7 Å². The molecule has 2 aromatic carbocycles. The van der Waals surface area contributed by atoms with Crippen molar-refractivity contribution in [2.24, 2.45) is 0 Å². The topological polar surface area (TPSA) is 56.5 Å². The van der Waals surface area contributed by atoms with Gasteiger partial charge in [0, 0.05) is 23.1 Å². The first kappa shape index (κ1) is 16.1. The molecule has 4 heteroatoms. The molecule has 128 valence electrons. The molecule has 0 atom stereocenters. The molecule has 0 fully saturated rings. The van der Waals surface area contributed by atoms with Crippen LogP contribution < -0.4 is 0 Å². The minimum absolute atomic E-state index is 0.0357. The molecule has 0 amide bonds. The van der Waals surface area contributed by atoms with E-state index in [0.29, 0.717) is 34.6 Å². The van der Waals surface area contributed by atoms with Crippen LogP contribution in [0.15, 0.2) is 70.7 Å². The minimum atomic E-state index is -0.418. The Kier molecular flexibility index (Phi) is 4.01. The summed E-state index contributed by atoms with van der Waals surface area (Å²) in [5.41, 5.74) is 3.58. The number of carbonyl (C=O) groups excluding carboxylic acids is 2. The predicted octanol–water partition coefficient (Wildman–Crippen LogP) is 4.56. The highest BCUT2D eigenvalue weighted by Crippen LogP contribution is 2.30. The molecule has 1 aliphatic carbocycles. The molecule has 1 aliphatic rings. The molecule has 0 saturated heterocycles. The molecular weight excluding hydrogens is 328 g/mol. The standard InChI is InChI=1S/C22H16O4/c1-25-22(24)19-9-5-4-8-18(19)20-11-10-16(26-20)13-15-12-14-6-2-3-7-17(14)21(15)23/h2-11,13H,12H2,1H3/b15-13+. The lowest BCUT2D eigenvalue weighted by molar-refractivity contribution is 0.0601. The Bertz CT molecular complexity index is 1040. The maximum atomic E-state index is 12.5. The maximum absolute atomic E-state index is 12.5. The van der Waals surface area contributed by atoms with E-state index in [1.165, 1.54) is 7.11 Å². The number of rotatable bonds is 3. The summed E-state index contributed by atoms with van der Waals surface area (Å²) in [6.45, 7) is 0. The molecule has 4 rings (SSSR count). The van der Waals surface area contributed by atoms with Gasteiger partial charge < -0.3 is 9.15 Å². The average molecular weight is 344 g/mol. The Morgan fingerprint density at radius 3 is 2.50 bits per heavy atom. The number of esters is 1. The second-order valence-corrected chi connectivity index (χ2v) is 6.07. The molecule has 0 unspecified atom stereocenters. The number of hydrogen-bond acceptors (Lipinski definition) is 4. The first-order chi connectivity index (χ1) is 12.7. The number of ketones is 1. The SMILES string of the molecule is COC(=O)c1ccccc1-c1ccc(/C=C2\Cc3ccccc3C2=O)o1. The first-order valence-corrected chi connectivity index (χ1v) is 8.28. The molecule has 0 spiro atoms. The van der Waals surface area contributed by atoms with E-state index in [-0.39, 0.29) is 5.78 Å². The molecule has 1 heterocycles.